The molecular weight excluding hydrogens is 310 g/mol. The summed E-state index contributed by atoms with van der Waals surface area (Å²) in [5, 5.41) is 0. The van der Waals surface area contributed by atoms with Gasteiger partial charge in [-0.3, -0.25) is 4.79 Å². The zero-order valence-corrected chi connectivity index (χ0v) is 15.2. The van der Waals surface area contributed by atoms with Crippen molar-refractivity contribution in [3.05, 3.63) is 66.2 Å². The largest absolute Gasteiger partial charge is 0.484 e. The Bertz CT molecular complexity index is 598. The standard InChI is InChI=1S/C22H29NO2/c1-2-3-4-11-17-23(18-16-20-12-7-5-8-13-20)22(24)19-25-21-14-9-6-10-15-21/h5-10,12-15H,2-4,11,16-19H2,1H3. The van der Waals surface area contributed by atoms with Crippen molar-refractivity contribution in [3.63, 3.8) is 0 Å². The molecule has 0 aliphatic carbocycles. The van der Waals surface area contributed by atoms with Gasteiger partial charge in [0.15, 0.2) is 6.61 Å². The van der Waals surface area contributed by atoms with Crippen molar-refractivity contribution in [2.45, 2.75) is 39.0 Å². The molecule has 134 valence electrons. The highest BCUT2D eigenvalue weighted by molar-refractivity contribution is 5.77. The third kappa shape index (κ3) is 7.42. The van der Waals surface area contributed by atoms with Gasteiger partial charge in [0.05, 0.1) is 0 Å². The first-order chi connectivity index (χ1) is 12.3. The summed E-state index contributed by atoms with van der Waals surface area (Å²) in [6.07, 6.45) is 5.53. The smallest absolute Gasteiger partial charge is 0.260 e. The molecule has 2 aromatic rings. The average molecular weight is 339 g/mol. The van der Waals surface area contributed by atoms with E-state index in [1.165, 1.54) is 24.8 Å². The van der Waals surface area contributed by atoms with Crippen LogP contribution in [0.25, 0.3) is 0 Å². The first-order valence-corrected chi connectivity index (χ1v) is 9.29. The van der Waals surface area contributed by atoms with Crippen molar-refractivity contribution in [3.8, 4) is 5.75 Å². The molecule has 0 saturated carbocycles. The van der Waals surface area contributed by atoms with Crippen molar-refractivity contribution in [1.82, 2.24) is 4.90 Å². The fourth-order valence-electron chi connectivity index (χ4n) is 2.75. The molecule has 1 amide bonds. The Hall–Kier alpha value is -2.29. The fraction of sp³-hybridized carbons (Fsp3) is 0.409. The molecule has 0 bridgehead atoms. The molecule has 0 aliphatic heterocycles. The molecule has 3 heteroatoms. The van der Waals surface area contributed by atoms with Gasteiger partial charge in [-0.1, -0.05) is 74.7 Å². The molecule has 0 spiro atoms. The number of hydrogen-bond donors (Lipinski definition) is 0. The predicted octanol–water partition coefficient (Wildman–Crippen LogP) is 4.72. The molecule has 2 aromatic carbocycles. The van der Waals surface area contributed by atoms with E-state index in [1.54, 1.807) is 0 Å². The molecule has 0 unspecified atom stereocenters. The average Bonchev–Trinajstić information content (AvgIpc) is 2.67. The van der Waals surface area contributed by atoms with Crippen LogP contribution >= 0.6 is 0 Å². The Labute approximate surface area is 151 Å². The molecule has 0 N–H and O–H groups in total. The number of nitrogens with zero attached hydrogens (tertiary/aromatic N) is 1. The van der Waals surface area contributed by atoms with Crippen LogP contribution in [0.2, 0.25) is 0 Å². The summed E-state index contributed by atoms with van der Waals surface area (Å²) in [5.41, 5.74) is 1.26. The fourth-order valence-corrected chi connectivity index (χ4v) is 2.75. The van der Waals surface area contributed by atoms with Crippen LogP contribution < -0.4 is 4.74 Å². The second kappa shape index (κ2) is 11.3. The SMILES string of the molecule is CCCCCCN(CCc1ccccc1)C(=O)COc1ccccc1. The summed E-state index contributed by atoms with van der Waals surface area (Å²) in [6.45, 7) is 3.86. The Kier molecular flexibility index (Phi) is 8.60. The van der Waals surface area contributed by atoms with Gasteiger partial charge >= 0.3 is 0 Å². The number of rotatable bonds is 11. The van der Waals surface area contributed by atoms with E-state index in [9.17, 15) is 4.79 Å². The van der Waals surface area contributed by atoms with Crippen molar-refractivity contribution in [2.24, 2.45) is 0 Å². The maximum absolute atomic E-state index is 12.6. The minimum absolute atomic E-state index is 0.0660. The molecule has 0 aliphatic rings. The summed E-state index contributed by atoms with van der Waals surface area (Å²) in [6, 6.07) is 19.9. The molecule has 3 nitrogen and oxygen atoms in total. The van der Waals surface area contributed by atoms with E-state index in [-0.39, 0.29) is 12.5 Å². The zero-order chi connectivity index (χ0) is 17.7. The maximum atomic E-state index is 12.6. The van der Waals surface area contributed by atoms with Crippen LogP contribution in [-0.4, -0.2) is 30.5 Å². The molecule has 0 radical (unpaired) electrons. The van der Waals surface area contributed by atoms with E-state index in [0.29, 0.717) is 0 Å². The number of unbranched alkanes of at least 4 members (excludes halogenated alkanes) is 3. The maximum Gasteiger partial charge on any atom is 0.260 e. The molecule has 0 fully saturated rings. The summed E-state index contributed by atoms with van der Waals surface area (Å²) in [7, 11) is 0. The molecule has 25 heavy (non-hydrogen) atoms. The van der Waals surface area contributed by atoms with Crippen LogP contribution in [0.3, 0.4) is 0 Å². The summed E-state index contributed by atoms with van der Waals surface area (Å²) in [4.78, 5) is 14.6. The normalized spacial score (nSPS) is 10.4. The number of ether oxygens (including phenoxy) is 1. The predicted molar refractivity (Wildman–Crippen MR) is 103 cm³/mol. The molecule has 0 saturated heterocycles. The van der Waals surface area contributed by atoms with Gasteiger partial charge in [0.2, 0.25) is 0 Å². The van der Waals surface area contributed by atoms with Gasteiger partial charge in [0.1, 0.15) is 5.75 Å². The van der Waals surface area contributed by atoms with Gasteiger partial charge < -0.3 is 9.64 Å². The Morgan fingerprint density at radius 3 is 2.24 bits per heavy atom. The van der Waals surface area contributed by atoms with Crippen LogP contribution in [-0.2, 0) is 11.2 Å². The third-order valence-electron chi connectivity index (χ3n) is 4.25. The zero-order valence-electron chi connectivity index (χ0n) is 15.2. The number of para-hydroxylation sites is 1. The minimum atomic E-state index is 0.0660. The van der Waals surface area contributed by atoms with Gasteiger partial charge in [0, 0.05) is 13.1 Å². The van der Waals surface area contributed by atoms with Gasteiger partial charge in [-0.15, -0.1) is 0 Å². The second-order valence-corrected chi connectivity index (χ2v) is 6.28. The van der Waals surface area contributed by atoms with Crippen molar-refractivity contribution >= 4 is 5.91 Å². The number of carbonyl (C=O) groups excluding carboxylic acids is 1. The Morgan fingerprint density at radius 1 is 0.880 bits per heavy atom. The van der Waals surface area contributed by atoms with Gasteiger partial charge in [0.25, 0.3) is 5.91 Å². The van der Waals surface area contributed by atoms with Crippen molar-refractivity contribution < 1.29 is 9.53 Å². The van der Waals surface area contributed by atoms with Gasteiger partial charge in [-0.05, 0) is 30.5 Å². The lowest BCUT2D eigenvalue weighted by Gasteiger charge is -2.23. The van der Waals surface area contributed by atoms with Gasteiger partial charge in [-0.25, -0.2) is 0 Å². The summed E-state index contributed by atoms with van der Waals surface area (Å²) < 4.78 is 5.64. The highest BCUT2D eigenvalue weighted by Crippen LogP contribution is 2.10. The summed E-state index contributed by atoms with van der Waals surface area (Å²) >= 11 is 0. The van der Waals surface area contributed by atoms with E-state index < -0.39 is 0 Å². The highest BCUT2D eigenvalue weighted by atomic mass is 16.5. The van der Waals surface area contributed by atoms with Crippen molar-refractivity contribution in [2.75, 3.05) is 19.7 Å². The first-order valence-electron chi connectivity index (χ1n) is 9.29. The van der Waals surface area contributed by atoms with E-state index in [2.05, 4.69) is 19.1 Å². The lowest BCUT2D eigenvalue weighted by molar-refractivity contribution is -0.133. The monoisotopic (exact) mass is 339 g/mol. The third-order valence-corrected chi connectivity index (χ3v) is 4.25. The molecule has 0 aromatic heterocycles. The quantitative estimate of drug-likeness (QED) is 0.555. The van der Waals surface area contributed by atoms with E-state index in [4.69, 9.17) is 4.74 Å². The lowest BCUT2D eigenvalue weighted by atomic mass is 10.1. The highest BCUT2D eigenvalue weighted by Gasteiger charge is 2.14. The molecular formula is C22H29NO2. The van der Waals surface area contributed by atoms with E-state index in [0.717, 1.165) is 31.7 Å². The Balaban J connectivity index is 1.86. The van der Waals surface area contributed by atoms with Crippen LogP contribution in [0.5, 0.6) is 5.75 Å². The van der Waals surface area contributed by atoms with Crippen LogP contribution in [0.4, 0.5) is 0 Å². The molecule has 0 atom stereocenters. The molecule has 0 heterocycles. The Morgan fingerprint density at radius 2 is 1.56 bits per heavy atom. The number of amides is 1. The van der Waals surface area contributed by atoms with Crippen LogP contribution in [0.1, 0.15) is 38.2 Å². The van der Waals surface area contributed by atoms with Crippen molar-refractivity contribution in [1.29, 1.82) is 0 Å². The minimum Gasteiger partial charge on any atom is -0.484 e. The lowest BCUT2D eigenvalue weighted by Crippen LogP contribution is -2.37. The topological polar surface area (TPSA) is 29.5 Å². The first kappa shape index (κ1) is 19.0. The molecule has 2 rings (SSSR count). The second-order valence-electron chi connectivity index (χ2n) is 6.28. The number of hydrogen-bond acceptors (Lipinski definition) is 2. The summed E-state index contributed by atoms with van der Waals surface area (Å²) in [5.74, 6) is 0.807. The van der Waals surface area contributed by atoms with E-state index in [1.807, 2.05) is 53.4 Å². The number of benzene rings is 2. The number of carbonyl (C=O) groups is 1. The van der Waals surface area contributed by atoms with E-state index >= 15 is 0 Å². The van der Waals surface area contributed by atoms with Crippen LogP contribution in [0, 0.1) is 0 Å². The van der Waals surface area contributed by atoms with Crippen LogP contribution in [0.15, 0.2) is 60.7 Å². The van der Waals surface area contributed by atoms with Gasteiger partial charge in [-0.2, -0.15) is 0 Å².